The van der Waals surface area contributed by atoms with E-state index in [2.05, 4.69) is 21.2 Å². The number of ether oxygens (including phenoxy) is 1. The summed E-state index contributed by atoms with van der Waals surface area (Å²) in [4.78, 5) is 39.2. The highest BCUT2D eigenvalue weighted by Crippen LogP contribution is 2.29. The number of nitrogens with zero attached hydrogens (tertiary/aromatic N) is 3. The summed E-state index contributed by atoms with van der Waals surface area (Å²) in [5.41, 5.74) is 0.188. The van der Waals surface area contributed by atoms with E-state index < -0.39 is 44.9 Å². The smallest absolute Gasteiger partial charge is 0.273 e. The number of nitro benzene ring substituents is 1. The van der Waals surface area contributed by atoms with E-state index in [0.717, 1.165) is 14.8 Å². The van der Waals surface area contributed by atoms with Crippen molar-refractivity contribution in [1.82, 2.24) is 10.2 Å². The van der Waals surface area contributed by atoms with Crippen molar-refractivity contribution in [3.63, 3.8) is 0 Å². The van der Waals surface area contributed by atoms with Crippen LogP contribution >= 0.6 is 15.9 Å². The number of anilines is 1. The molecule has 0 fully saturated rings. The molecule has 0 aromatic heterocycles. The number of nitro groups is 1. The highest BCUT2D eigenvalue weighted by atomic mass is 79.9. The number of benzene rings is 3. The number of methoxy groups -OCH3 is 1. The summed E-state index contributed by atoms with van der Waals surface area (Å²) in [6, 6.07) is 15.9. The van der Waals surface area contributed by atoms with Crippen molar-refractivity contribution in [1.29, 1.82) is 0 Å². The van der Waals surface area contributed by atoms with Gasteiger partial charge in [0.05, 0.1) is 22.6 Å². The number of halogens is 1. The molecule has 3 aromatic carbocycles. The molecular weight excluding hydrogens is 640 g/mol. The lowest BCUT2D eigenvalue weighted by molar-refractivity contribution is -0.385. The Morgan fingerprint density at radius 1 is 1.07 bits per heavy atom. The second-order valence-electron chi connectivity index (χ2n) is 11.0. The topological polar surface area (TPSA) is 139 Å². The fourth-order valence-electron chi connectivity index (χ4n) is 4.24. The van der Waals surface area contributed by atoms with Gasteiger partial charge in [-0.05, 0) is 82.6 Å². The van der Waals surface area contributed by atoms with Crippen LogP contribution in [0.3, 0.4) is 0 Å². The maximum absolute atomic E-state index is 14.1. The fraction of sp³-hybridized carbons (Fsp3) is 0.333. The van der Waals surface area contributed by atoms with Crippen LogP contribution in [0.4, 0.5) is 11.4 Å². The van der Waals surface area contributed by atoms with Crippen LogP contribution in [-0.4, -0.2) is 55.3 Å². The summed E-state index contributed by atoms with van der Waals surface area (Å²) < 4.78 is 34.9. The largest absolute Gasteiger partial charge is 0.497 e. The van der Waals surface area contributed by atoms with Gasteiger partial charge < -0.3 is 15.0 Å². The number of hydrogen-bond acceptors (Lipinski definition) is 7. The molecule has 1 N–H and O–H groups in total. The SMILES string of the molecule is COc1ccc(N(CC(=O)N(Cc2cccc(Br)c2)C(C)C(=O)NC(C)(C)C)S(=O)(=O)c2ccc(C)c([N+](=O)[O-])c2)cc1. The average molecular weight is 676 g/mol. The molecule has 43 heavy (non-hydrogen) atoms. The monoisotopic (exact) mass is 674 g/mol. The van der Waals surface area contributed by atoms with Crippen LogP contribution in [0, 0.1) is 17.0 Å². The van der Waals surface area contributed by atoms with Crippen LogP contribution in [-0.2, 0) is 26.2 Å². The van der Waals surface area contributed by atoms with Gasteiger partial charge >= 0.3 is 0 Å². The Labute approximate surface area is 260 Å². The Morgan fingerprint density at radius 2 is 1.72 bits per heavy atom. The minimum absolute atomic E-state index is 0.0174. The second-order valence-corrected chi connectivity index (χ2v) is 13.8. The van der Waals surface area contributed by atoms with E-state index in [1.807, 2.05) is 26.8 Å². The summed E-state index contributed by atoms with van der Waals surface area (Å²) >= 11 is 3.42. The van der Waals surface area contributed by atoms with Gasteiger partial charge in [0.15, 0.2) is 0 Å². The Bertz CT molecular complexity index is 1610. The molecule has 11 nitrogen and oxygen atoms in total. The lowest BCUT2D eigenvalue weighted by Crippen LogP contribution is -2.54. The van der Waals surface area contributed by atoms with E-state index in [9.17, 15) is 28.1 Å². The van der Waals surface area contributed by atoms with Crippen molar-refractivity contribution in [3.05, 3.63) is 92.4 Å². The molecule has 3 aromatic rings. The molecule has 2 amide bonds. The van der Waals surface area contributed by atoms with E-state index in [4.69, 9.17) is 4.74 Å². The molecule has 1 atom stereocenters. The molecule has 0 radical (unpaired) electrons. The maximum Gasteiger partial charge on any atom is 0.273 e. The molecular formula is C30H35BrN4O7S. The van der Waals surface area contributed by atoms with E-state index >= 15 is 0 Å². The molecule has 0 aliphatic carbocycles. The lowest BCUT2D eigenvalue weighted by atomic mass is 10.1. The highest BCUT2D eigenvalue weighted by Gasteiger charge is 2.34. The number of nitrogens with one attached hydrogen (secondary N) is 1. The van der Waals surface area contributed by atoms with E-state index in [1.165, 1.54) is 43.2 Å². The number of carbonyl (C=O) groups excluding carboxylic acids is 2. The van der Waals surface area contributed by atoms with Crippen molar-refractivity contribution in [2.45, 2.75) is 57.6 Å². The molecule has 0 saturated carbocycles. The summed E-state index contributed by atoms with van der Waals surface area (Å²) in [6.45, 7) is 7.86. The van der Waals surface area contributed by atoms with Gasteiger partial charge in [-0.3, -0.25) is 24.0 Å². The Morgan fingerprint density at radius 3 is 2.28 bits per heavy atom. The van der Waals surface area contributed by atoms with Crippen molar-refractivity contribution in [3.8, 4) is 5.75 Å². The molecule has 3 rings (SSSR count). The average Bonchev–Trinajstić information content (AvgIpc) is 2.93. The zero-order chi connectivity index (χ0) is 32.1. The zero-order valence-electron chi connectivity index (χ0n) is 24.8. The first kappa shape index (κ1) is 33.5. The van der Waals surface area contributed by atoms with Gasteiger partial charge in [0.1, 0.15) is 18.3 Å². The lowest BCUT2D eigenvalue weighted by Gasteiger charge is -2.33. The summed E-state index contributed by atoms with van der Waals surface area (Å²) in [7, 11) is -3.04. The van der Waals surface area contributed by atoms with Crippen molar-refractivity contribution >= 4 is 49.1 Å². The second kappa shape index (κ2) is 13.6. The quantitative estimate of drug-likeness (QED) is 0.218. The maximum atomic E-state index is 14.1. The van der Waals surface area contributed by atoms with Crippen LogP contribution in [0.15, 0.2) is 76.1 Å². The number of hydrogen-bond donors (Lipinski definition) is 1. The molecule has 230 valence electrons. The van der Waals surface area contributed by atoms with Crippen molar-refractivity contribution in [2.24, 2.45) is 0 Å². The molecule has 0 bridgehead atoms. The first-order valence-electron chi connectivity index (χ1n) is 13.3. The summed E-state index contributed by atoms with van der Waals surface area (Å²) in [5.74, 6) is -0.608. The van der Waals surface area contributed by atoms with E-state index in [1.54, 1.807) is 37.3 Å². The summed E-state index contributed by atoms with van der Waals surface area (Å²) in [5, 5.41) is 14.5. The number of rotatable bonds is 11. The Hall–Kier alpha value is -3.97. The first-order valence-corrected chi connectivity index (χ1v) is 15.5. The third-order valence-corrected chi connectivity index (χ3v) is 8.78. The number of carbonyl (C=O) groups is 2. The third kappa shape index (κ3) is 8.54. The predicted octanol–water partition coefficient (Wildman–Crippen LogP) is 5.20. The molecule has 0 saturated heterocycles. The normalized spacial score (nSPS) is 12.3. The first-order chi connectivity index (χ1) is 20.0. The van der Waals surface area contributed by atoms with Crippen LogP contribution in [0.2, 0.25) is 0 Å². The predicted molar refractivity (Wildman–Crippen MR) is 167 cm³/mol. The molecule has 1 unspecified atom stereocenters. The number of sulfonamides is 1. The standard InChI is InChI=1S/C30H35BrN4O7S/c1-20-10-15-26(17-27(20)35(38)39)43(40,41)34(24-11-13-25(42-6)14-12-24)19-28(36)33(18-22-8-7-9-23(31)16-22)21(2)29(37)32-30(3,4)5/h7-17,21H,18-19H2,1-6H3,(H,32,37). The van der Waals surface area contributed by atoms with Gasteiger partial charge in [-0.15, -0.1) is 0 Å². The van der Waals surface area contributed by atoms with Crippen LogP contribution in [0.5, 0.6) is 5.75 Å². The van der Waals surface area contributed by atoms with Crippen LogP contribution in [0.1, 0.15) is 38.8 Å². The number of aryl methyl sites for hydroxylation is 1. The third-order valence-electron chi connectivity index (χ3n) is 6.51. The van der Waals surface area contributed by atoms with Crippen molar-refractivity contribution in [2.75, 3.05) is 18.0 Å². The molecule has 0 spiro atoms. The van der Waals surface area contributed by atoms with Gasteiger partial charge in [-0.25, -0.2) is 8.42 Å². The van der Waals surface area contributed by atoms with E-state index in [-0.39, 0.29) is 28.4 Å². The van der Waals surface area contributed by atoms with Crippen LogP contribution in [0.25, 0.3) is 0 Å². The number of amides is 2. The van der Waals surface area contributed by atoms with Crippen LogP contribution < -0.4 is 14.4 Å². The molecule has 13 heteroatoms. The van der Waals surface area contributed by atoms with Gasteiger partial charge in [0.25, 0.3) is 15.7 Å². The zero-order valence-corrected chi connectivity index (χ0v) is 27.2. The molecule has 0 aliphatic rings. The summed E-state index contributed by atoms with van der Waals surface area (Å²) in [6.07, 6.45) is 0. The minimum atomic E-state index is -4.50. The molecule has 0 aliphatic heterocycles. The van der Waals surface area contributed by atoms with Gasteiger partial charge in [-0.1, -0.05) is 34.1 Å². The Kier molecular flexibility index (Phi) is 10.6. The Balaban J connectivity index is 2.10. The fourth-order valence-corrected chi connectivity index (χ4v) is 6.12. The van der Waals surface area contributed by atoms with E-state index in [0.29, 0.717) is 11.3 Å². The highest BCUT2D eigenvalue weighted by molar-refractivity contribution is 9.10. The minimum Gasteiger partial charge on any atom is -0.497 e. The van der Waals surface area contributed by atoms with Gasteiger partial charge in [0, 0.05) is 28.2 Å². The van der Waals surface area contributed by atoms with Crippen molar-refractivity contribution < 1.29 is 27.7 Å². The van der Waals surface area contributed by atoms with Gasteiger partial charge in [0.2, 0.25) is 11.8 Å². The molecule has 0 heterocycles. The van der Waals surface area contributed by atoms with Gasteiger partial charge in [-0.2, -0.15) is 0 Å².